The molecule has 1 atom stereocenters. The molecule has 8 nitrogen and oxygen atoms in total. The molecule has 0 spiro atoms. The predicted octanol–water partition coefficient (Wildman–Crippen LogP) is 1.41. The zero-order chi connectivity index (χ0) is 24.1. The summed E-state index contributed by atoms with van der Waals surface area (Å²) >= 11 is 0. The van der Waals surface area contributed by atoms with Crippen LogP contribution >= 0.6 is 0 Å². The molecule has 2 aromatic rings. The van der Waals surface area contributed by atoms with Crippen molar-refractivity contribution in [3.8, 4) is 5.75 Å². The molecule has 2 amide bonds. The minimum Gasteiger partial charge on any atom is -0.497 e. The molecule has 2 aliphatic heterocycles. The summed E-state index contributed by atoms with van der Waals surface area (Å²) in [5.41, 5.74) is 4.73. The van der Waals surface area contributed by atoms with E-state index >= 15 is 0 Å². The monoisotopic (exact) mass is 465 g/mol. The first kappa shape index (κ1) is 24.0. The van der Waals surface area contributed by atoms with Gasteiger partial charge >= 0.3 is 11.8 Å². The maximum absolute atomic E-state index is 12.6. The van der Waals surface area contributed by atoms with E-state index in [-0.39, 0.29) is 12.6 Å². The number of carbonyl (C=O) groups is 2. The first-order valence-electron chi connectivity index (χ1n) is 11.9. The Morgan fingerprint density at radius 2 is 1.65 bits per heavy atom. The summed E-state index contributed by atoms with van der Waals surface area (Å²) in [6, 6.07) is 14.1. The van der Waals surface area contributed by atoms with Crippen LogP contribution in [0.5, 0.6) is 5.75 Å². The highest BCUT2D eigenvalue weighted by atomic mass is 16.5. The molecule has 8 heteroatoms. The molecule has 34 heavy (non-hydrogen) atoms. The Hall–Kier alpha value is -3.10. The van der Waals surface area contributed by atoms with Crippen molar-refractivity contribution in [3.05, 3.63) is 59.2 Å². The Balaban J connectivity index is 1.38. The highest BCUT2D eigenvalue weighted by Crippen LogP contribution is 2.31. The summed E-state index contributed by atoms with van der Waals surface area (Å²) in [5.74, 6) is -0.474. The number of ether oxygens (including phenoxy) is 1. The summed E-state index contributed by atoms with van der Waals surface area (Å²) in [4.78, 5) is 32.0. The summed E-state index contributed by atoms with van der Waals surface area (Å²) in [6.07, 6.45) is 1.04. The van der Waals surface area contributed by atoms with Crippen molar-refractivity contribution in [2.24, 2.45) is 0 Å². The molecule has 1 saturated heterocycles. The number of nitrogens with one attached hydrogen (secondary N) is 2. The molecule has 2 N–H and O–H groups in total. The number of hydrogen-bond donors (Lipinski definition) is 2. The van der Waals surface area contributed by atoms with Gasteiger partial charge in [0.05, 0.1) is 13.2 Å². The molecule has 0 bridgehead atoms. The molecule has 2 aliphatic rings. The van der Waals surface area contributed by atoms with Gasteiger partial charge in [-0.25, -0.2) is 0 Å². The van der Waals surface area contributed by atoms with E-state index in [1.54, 1.807) is 7.11 Å². The van der Waals surface area contributed by atoms with E-state index in [2.05, 4.69) is 57.6 Å². The summed E-state index contributed by atoms with van der Waals surface area (Å²) in [7, 11) is 5.86. The van der Waals surface area contributed by atoms with E-state index in [0.29, 0.717) is 6.54 Å². The quantitative estimate of drug-likeness (QED) is 0.603. The summed E-state index contributed by atoms with van der Waals surface area (Å²) in [6.45, 7) is 5.54. The lowest BCUT2D eigenvalue weighted by molar-refractivity contribution is -0.139. The van der Waals surface area contributed by atoms with Crippen LogP contribution in [0.3, 0.4) is 0 Å². The van der Waals surface area contributed by atoms with E-state index < -0.39 is 11.8 Å². The van der Waals surface area contributed by atoms with E-state index in [0.717, 1.165) is 50.5 Å². The van der Waals surface area contributed by atoms with Gasteiger partial charge in [0.2, 0.25) is 0 Å². The van der Waals surface area contributed by atoms with Gasteiger partial charge in [-0.05, 0) is 48.4 Å². The Labute approximate surface area is 201 Å². The van der Waals surface area contributed by atoms with Gasteiger partial charge in [-0.3, -0.25) is 14.5 Å². The Bertz CT molecular complexity index is 1000. The van der Waals surface area contributed by atoms with Gasteiger partial charge in [0.25, 0.3) is 0 Å². The number of methoxy groups -OCH3 is 1. The van der Waals surface area contributed by atoms with Gasteiger partial charge in [-0.1, -0.05) is 24.3 Å². The molecular weight excluding hydrogens is 430 g/mol. The van der Waals surface area contributed by atoms with Crippen LogP contribution in [-0.4, -0.2) is 82.1 Å². The molecule has 1 fully saturated rings. The molecular formula is C26H35N5O3. The second kappa shape index (κ2) is 10.9. The second-order valence-electron chi connectivity index (χ2n) is 9.16. The third-order valence-electron chi connectivity index (χ3n) is 6.87. The minimum atomic E-state index is -0.622. The third kappa shape index (κ3) is 5.69. The lowest BCUT2D eigenvalue weighted by Gasteiger charge is -2.38. The molecule has 0 aliphatic carbocycles. The normalized spacial score (nSPS) is 17.2. The molecule has 0 aromatic heterocycles. The van der Waals surface area contributed by atoms with Crippen molar-refractivity contribution in [2.75, 3.05) is 65.4 Å². The van der Waals surface area contributed by atoms with Crippen LogP contribution in [0.1, 0.15) is 22.7 Å². The Morgan fingerprint density at radius 1 is 0.941 bits per heavy atom. The molecule has 1 unspecified atom stereocenters. The van der Waals surface area contributed by atoms with E-state index in [1.165, 1.54) is 16.8 Å². The van der Waals surface area contributed by atoms with E-state index in [4.69, 9.17) is 4.74 Å². The number of anilines is 1. The van der Waals surface area contributed by atoms with Crippen molar-refractivity contribution >= 4 is 17.5 Å². The molecule has 2 heterocycles. The fourth-order valence-corrected chi connectivity index (χ4v) is 4.66. The Morgan fingerprint density at radius 3 is 2.35 bits per heavy atom. The number of rotatable bonds is 7. The number of amides is 2. The van der Waals surface area contributed by atoms with E-state index in [1.807, 2.05) is 24.3 Å². The van der Waals surface area contributed by atoms with Crippen molar-refractivity contribution in [2.45, 2.75) is 19.0 Å². The lowest BCUT2D eigenvalue weighted by atomic mass is 10.00. The zero-order valence-electron chi connectivity index (χ0n) is 20.3. The number of likely N-dealkylation sites (N-methyl/N-ethyl adjacent to an activating group) is 2. The molecule has 4 rings (SSSR count). The van der Waals surface area contributed by atoms with Gasteiger partial charge in [0, 0.05) is 58.5 Å². The van der Waals surface area contributed by atoms with Crippen LogP contribution in [0, 0.1) is 0 Å². The minimum absolute atomic E-state index is 0.0308. The number of nitrogens with zero attached hydrogens (tertiary/aromatic N) is 3. The number of benzene rings is 2. The van der Waals surface area contributed by atoms with Crippen LogP contribution in [0.2, 0.25) is 0 Å². The average Bonchev–Trinajstić information content (AvgIpc) is 3.23. The molecule has 0 saturated carbocycles. The highest BCUT2D eigenvalue weighted by Gasteiger charge is 2.27. The van der Waals surface area contributed by atoms with Crippen LogP contribution < -0.4 is 20.3 Å². The first-order chi connectivity index (χ1) is 16.4. The van der Waals surface area contributed by atoms with Gasteiger partial charge in [-0.2, -0.15) is 0 Å². The van der Waals surface area contributed by atoms with Crippen LogP contribution in [0.25, 0.3) is 0 Å². The van der Waals surface area contributed by atoms with Gasteiger partial charge < -0.3 is 25.2 Å². The maximum Gasteiger partial charge on any atom is 0.309 e. The first-order valence-corrected chi connectivity index (χ1v) is 11.9. The van der Waals surface area contributed by atoms with Crippen molar-refractivity contribution in [1.82, 2.24) is 20.4 Å². The lowest BCUT2D eigenvalue weighted by Crippen LogP contribution is -2.49. The number of carbonyl (C=O) groups excluding carboxylic acids is 2. The fourth-order valence-electron chi connectivity index (χ4n) is 4.66. The Kier molecular flexibility index (Phi) is 7.70. The van der Waals surface area contributed by atoms with Crippen LogP contribution in [0.15, 0.2) is 42.5 Å². The van der Waals surface area contributed by atoms with E-state index in [9.17, 15) is 9.59 Å². The van der Waals surface area contributed by atoms with Crippen molar-refractivity contribution < 1.29 is 14.3 Å². The van der Waals surface area contributed by atoms with Crippen LogP contribution in [-0.2, 0) is 22.6 Å². The number of fused-ring (bicyclic) bond motifs is 1. The maximum atomic E-state index is 12.6. The van der Waals surface area contributed by atoms with Gasteiger partial charge in [0.15, 0.2) is 0 Å². The smallest absolute Gasteiger partial charge is 0.309 e. The SMILES string of the molecule is COc1ccc(CNC(=O)C(=O)NCC(c2ccc3c(c2)CCN3C)N2CCN(C)CC2)cc1. The van der Waals surface area contributed by atoms with Crippen LogP contribution in [0.4, 0.5) is 5.69 Å². The summed E-state index contributed by atoms with van der Waals surface area (Å²) < 4.78 is 5.15. The molecule has 0 radical (unpaired) electrons. The topological polar surface area (TPSA) is 77.1 Å². The standard InChI is InChI=1S/C26H35N5O3/c1-29-12-14-31(15-13-29)24(20-6-9-23-21(16-20)10-11-30(23)2)18-28-26(33)25(32)27-17-19-4-7-22(34-3)8-5-19/h4-9,16,24H,10-15,17-18H2,1-3H3,(H,27,32)(H,28,33). The highest BCUT2D eigenvalue weighted by molar-refractivity contribution is 6.35. The van der Waals surface area contributed by atoms with Crippen molar-refractivity contribution in [1.29, 1.82) is 0 Å². The average molecular weight is 466 g/mol. The third-order valence-corrected chi connectivity index (χ3v) is 6.87. The zero-order valence-corrected chi connectivity index (χ0v) is 20.3. The largest absolute Gasteiger partial charge is 0.497 e. The van der Waals surface area contributed by atoms with Gasteiger partial charge in [-0.15, -0.1) is 0 Å². The summed E-state index contributed by atoms with van der Waals surface area (Å²) in [5, 5.41) is 5.59. The molecule has 182 valence electrons. The van der Waals surface area contributed by atoms with Gasteiger partial charge in [0.1, 0.15) is 5.75 Å². The number of piperazine rings is 1. The predicted molar refractivity (Wildman–Crippen MR) is 133 cm³/mol. The van der Waals surface area contributed by atoms with Crippen molar-refractivity contribution in [3.63, 3.8) is 0 Å². The molecule has 2 aromatic carbocycles. The number of hydrogen-bond acceptors (Lipinski definition) is 6. The fraction of sp³-hybridized carbons (Fsp3) is 0.462. The second-order valence-corrected chi connectivity index (χ2v) is 9.16.